The molecule has 0 unspecified atom stereocenters. The van der Waals surface area contributed by atoms with Crippen LogP contribution in [0, 0.1) is 13.8 Å². The lowest BCUT2D eigenvalue weighted by Crippen LogP contribution is -2.24. The average Bonchev–Trinajstić information content (AvgIpc) is 3.19. The van der Waals surface area contributed by atoms with E-state index in [9.17, 15) is 4.79 Å². The molecule has 0 spiro atoms. The van der Waals surface area contributed by atoms with Crippen molar-refractivity contribution in [3.05, 3.63) is 45.6 Å². The fourth-order valence-electron chi connectivity index (χ4n) is 2.83. The number of rotatable bonds is 4. The van der Waals surface area contributed by atoms with Gasteiger partial charge in [-0.15, -0.1) is 0 Å². The van der Waals surface area contributed by atoms with E-state index in [1.165, 1.54) is 19.1 Å². The second-order valence-corrected chi connectivity index (χ2v) is 6.99. The van der Waals surface area contributed by atoms with E-state index in [-0.39, 0.29) is 0 Å². The quantitative estimate of drug-likeness (QED) is 0.585. The normalized spacial score (nSPS) is 14.3. The highest BCUT2D eigenvalue weighted by Crippen LogP contribution is 2.31. The second kappa shape index (κ2) is 7.74. The van der Waals surface area contributed by atoms with E-state index in [2.05, 4.69) is 36.7 Å². The third-order valence-electron chi connectivity index (χ3n) is 4.07. The molecule has 1 fully saturated rings. The minimum absolute atomic E-state index is 0.395. The Morgan fingerprint density at radius 1 is 1.28 bits per heavy atom. The van der Waals surface area contributed by atoms with Crippen molar-refractivity contribution in [2.75, 3.05) is 23.3 Å². The molecule has 2 N–H and O–H groups in total. The maximum atomic E-state index is 11.9. The van der Waals surface area contributed by atoms with Crippen molar-refractivity contribution in [1.29, 1.82) is 0 Å². The number of aryl methyl sites for hydroxylation is 2. The molecule has 2 amide bonds. The number of hydrogen-bond acceptors (Lipinski definition) is 4. The van der Waals surface area contributed by atoms with Gasteiger partial charge in [-0.25, -0.2) is 10.2 Å². The maximum Gasteiger partial charge on any atom is 0.339 e. The number of halogens is 1. The summed E-state index contributed by atoms with van der Waals surface area (Å²) in [4.78, 5) is 14.1. The van der Waals surface area contributed by atoms with Gasteiger partial charge in [0.1, 0.15) is 0 Å². The van der Waals surface area contributed by atoms with Crippen LogP contribution < -0.4 is 15.6 Å². The number of hydrazone groups is 1. The van der Waals surface area contributed by atoms with Gasteiger partial charge in [-0.2, -0.15) is 5.10 Å². The summed E-state index contributed by atoms with van der Waals surface area (Å²) in [6.45, 7) is 5.96. The molecule has 2 aromatic rings. The summed E-state index contributed by atoms with van der Waals surface area (Å²) < 4.78 is 6.69. The van der Waals surface area contributed by atoms with Crippen molar-refractivity contribution in [1.82, 2.24) is 5.43 Å². The first kappa shape index (κ1) is 17.5. The van der Waals surface area contributed by atoms with Gasteiger partial charge < -0.3 is 14.6 Å². The summed E-state index contributed by atoms with van der Waals surface area (Å²) in [6, 6.07) is 7.29. The van der Waals surface area contributed by atoms with Crippen LogP contribution in [0.15, 0.2) is 38.3 Å². The Morgan fingerprint density at radius 2 is 2.04 bits per heavy atom. The third kappa shape index (κ3) is 4.42. The summed E-state index contributed by atoms with van der Waals surface area (Å²) in [5, 5.41) is 6.72. The van der Waals surface area contributed by atoms with E-state index in [4.69, 9.17) is 4.42 Å². The zero-order valence-corrected chi connectivity index (χ0v) is 15.9. The van der Waals surface area contributed by atoms with Crippen LogP contribution in [0.3, 0.4) is 0 Å². The van der Waals surface area contributed by atoms with Crippen molar-refractivity contribution in [3.8, 4) is 0 Å². The van der Waals surface area contributed by atoms with Gasteiger partial charge in [-0.05, 0) is 54.2 Å². The molecule has 0 aliphatic carbocycles. The summed E-state index contributed by atoms with van der Waals surface area (Å²) in [5.74, 6) is 1.40. The van der Waals surface area contributed by atoms with Crippen molar-refractivity contribution < 1.29 is 9.21 Å². The molecule has 1 aliphatic heterocycles. The highest BCUT2D eigenvalue weighted by atomic mass is 79.9. The molecule has 1 aromatic heterocycles. The number of carbonyl (C=O) groups excluding carboxylic acids is 1. The molecular formula is C18H21BrN4O2. The molecule has 0 bridgehead atoms. The molecule has 0 radical (unpaired) electrons. The topological polar surface area (TPSA) is 69.9 Å². The van der Waals surface area contributed by atoms with E-state index in [0.717, 1.165) is 40.3 Å². The van der Waals surface area contributed by atoms with Gasteiger partial charge in [0.2, 0.25) is 5.88 Å². The van der Waals surface area contributed by atoms with Gasteiger partial charge in [-0.1, -0.05) is 17.7 Å². The second-order valence-electron chi connectivity index (χ2n) is 6.14. The largest absolute Gasteiger partial charge is 0.438 e. The Balaban J connectivity index is 1.57. The smallest absolute Gasteiger partial charge is 0.339 e. The summed E-state index contributed by atoms with van der Waals surface area (Å²) in [5.41, 5.74) is 5.37. The monoisotopic (exact) mass is 404 g/mol. The molecule has 1 saturated heterocycles. The van der Waals surface area contributed by atoms with Crippen LogP contribution in [0.1, 0.15) is 29.7 Å². The molecule has 6 nitrogen and oxygen atoms in total. The highest BCUT2D eigenvalue weighted by Gasteiger charge is 2.19. The predicted octanol–water partition coefficient (Wildman–Crippen LogP) is 4.41. The zero-order valence-electron chi connectivity index (χ0n) is 14.3. The van der Waals surface area contributed by atoms with Gasteiger partial charge in [-0.3, -0.25) is 0 Å². The van der Waals surface area contributed by atoms with Crippen LogP contribution in [0.5, 0.6) is 0 Å². The number of benzene rings is 1. The molecule has 25 heavy (non-hydrogen) atoms. The van der Waals surface area contributed by atoms with E-state index in [0.29, 0.717) is 5.76 Å². The Kier molecular flexibility index (Phi) is 5.43. The average molecular weight is 405 g/mol. The Labute approximate surface area is 155 Å². The van der Waals surface area contributed by atoms with Crippen molar-refractivity contribution in [3.63, 3.8) is 0 Å². The van der Waals surface area contributed by atoms with Crippen molar-refractivity contribution in [2.24, 2.45) is 5.10 Å². The number of nitrogens with zero attached hydrogens (tertiary/aromatic N) is 2. The highest BCUT2D eigenvalue weighted by molar-refractivity contribution is 9.10. The van der Waals surface area contributed by atoms with E-state index < -0.39 is 6.03 Å². The van der Waals surface area contributed by atoms with Crippen LogP contribution in [0.25, 0.3) is 0 Å². The molecule has 7 heteroatoms. The van der Waals surface area contributed by atoms with Crippen LogP contribution >= 0.6 is 15.9 Å². The minimum Gasteiger partial charge on any atom is -0.438 e. The van der Waals surface area contributed by atoms with Crippen molar-refractivity contribution in [2.45, 2.75) is 26.7 Å². The van der Waals surface area contributed by atoms with E-state index in [1.807, 2.05) is 38.1 Å². The lowest BCUT2D eigenvalue weighted by Gasteiger charge is -2.13. The summed E-state index contributed by atoms with van der Waals surface area (Å²) in [6.07, 6.45) is 3.85. The van der Waals surface area contributed by atoms with Gasteiger partial charge in [0.15, 0.2) is 5.76 Å². The number of anilines is 2. The molecule has 1 aliphatic rings. The SMILES string of the molecule is Cc1ccc(NC(=O)N/N=C/c2cc(Br)c(N3CCCC3)o2)c(C)c1. The first-order valence-electron chi connectivity index (χ1n) is 8.24. The predicted molar refractivity (Wildman–Crippen MR) is 104 cm³/mol. The number of furan rings is 1. The van der Waals surface area contributed by atoms with Crippen LogP contribution in [-0.4, -0.2) is 25.3 Å². The summed E-state index contributed by atoms with van der Waals surface area (Å²) >= 11 is 3.51. The molecule has 3 rings (SSSR count). The van der Waals surface area contributed by atoms with Gasteiger partial charge in [0, 0.05) is 24.8 Å². The Morgan fingerprint density at radius 3 is 2.76 bits per heavy atom. The minimum atomic E-state index is -0.395. The Bertz CT molecular complexity index is 794. The lowest BCUT2D eigenvalue weighted by molar-refractivity contribution is 0.252. The number of urea groups is 1. The molecule has 0 saturated carbocycles. The molecule has 132 valence electrons. The maximum absolute atomic E-state index is 11.9. The number of nitrogens with one attached hydrogen (secondary N) is 2. The molecule has 2 heterocycles. The summed E-state index contributed by atoms with van der Waals surface area (Å²) in [7, 11) is 0. The standard InChI is InChI=1S/C18H21BrN4O2/c1-12-5-6-16(13(2)9-12)21-18(24)22-20-11-14-10-15(19)17(25-14)23-7-3-4-8-23/h5-6,9-11H,3-4,7-8H2,1-2H3,(H2,21,22,24)/b20-11+. The number of carbonyl (C=O) groups is 1. The van der Waals surface area contributed by atoms with E-state index in [1.54, 1.807) is 0 Å². The van der Waals surface area contributed by atoms with Gasteiger partial charge >= 0.3 is 6.03 Å². The third-order valence-corrected chi connectivity index (χ3v) is 4.64. The zero-order chi connectivity index (χ0) is 17.8. The number of amides is 2. The van der Waals surface area contributed by atoms with Crippen LogP contribution in [0.4, 0.5) is 16.4 Å². The first-order chi connectivity index (χ1) is 12.0. The Hall–Kier alpha value is -2.28. The fraction of sp³-hybridized carbons (Fsp3) is 0.333. The lowest BCUT2D eigenvalue weighted by atomic mass is 10.1. The first-order valence-corrected chi connectivity index (χ1v) is 9.04. The molecule has 0 atom stereocenters. The van der Waals surface area contributed by atoms with Crippen LogP contribution in [-0.2, 0) is 0 Å². The van der Waals surface area contributed by atoms with Gasteiger partial charge in [0.25, 0.3) is 0 Å². The molecular weight excluding hydrogens is 384 g/mol. The van der Waals surface area contributed by atoms with Gasteiger partial charge in [0.05, 0.1) is 10.7 Å². The van der Waals surface area contributed by atoms with E-state index >= 15 is 0 Å². The fourth-order valence-corrected chi connectivity index (χ4v) is 3.39. The van der Waals surface area contributed by atoms with Crippen molar-refractivity contribution >= 4 is 39.7 Å². The number of hydrogen-bond donors (Lipinski definition) is 2. The van der Waals surface area contributed by atoms with Crippen LogP contribution in [0.2, 0.25) is 0 Å². The molecule has 1 aromatic carbocycles.